The molecule has 0 bridgehead atoms. The molecule has 0 aliphatic heterocycles. The number of aromatic nitrogens is 3. The van der Waals surface area contributed by atoms with Crippen molar-refractivity contribution in [3.8, 4) is 0 Å². The highest BCUT2D eigenvalue weighted by Crippen LogP contribution is 2.11. The van der Waals surface area contributed by atoms with Crippen LogP contribution < -0.4 is 5.32 Å². The van der Waals surface area contributed by atoms with E-state index in [1.54, 1.807) is 6.20 Å². The quantitative estimate of drug-likeness (QED) is 0.829. The second kappa shape index (κ2) is 4.79. The Labute approximate surface area is 97.1 Å². The van der Waals surface area contributed by atoms with Gasteiger partial charge in [0, 0.05) is 18.7 Å². The van der Waals surface area contributed by atoms with Crippen LogP contribution in [0.3, 0.4) is 0 Å². The summed E-state index contributed by atoms with van der Waals surface area (Å²) in [5.41, 5.74) is 1.05. The van der Waals surface area contributed by atoms with Crippen molar-refractivity contribution in [2.75, 3.05) is 12.4 Å². The third kappa shape index (κ3) is 2.51. The van der Waals surface area contributed by atoms with Crippen molar-refractivity contribution >= 4 is 11.7 Å². The second-order valence-corrected chi connectivity index (χ2v) is 3.49. The summed E-state index contributed by atoms with van der Waals surface area (Å²) in [5, 5.41) is 12.8. The smallest absolute Gasteiger partial charge is 0.279 e. The number of carbonyl (C=O) groups is 1. The average molecular weight is 236 g/mol. The number of nitrogens with zero attached hydrogens (tertiary/aromatic N) is 2. The van der Waals surface area contributed by atoms with Gasteiger partial charge in [0.2, 0.25) is 0 Å². The minimum atomic E-state index is -0.358. The fourth-order valence-corrected chi connectivity index (χ4v) is 1.28. The summed E-state index contributed by atoms with van der Waals surface area (Å²) in [7, 11) is 1.54. The highest BCUT2D eigenvalue weighted by molar-refractivity contribution is 6.02. The van der Waals surface area contributed by atoms with Crippen LogP contribution in [0.5, 0.6) is 0 Å². The molecule has 0 aliphatic carbocycles. The van der Waals surface area contributed by atoms with Gasteiger partial charge in [-0.1, -0.05) is 5.16 Å². The molecule has 0 aliphatic rings. The molecule has 2 rings (SSSR count). The van der Waals surface area contributed by atoms with Crippen molar-refractivity contribution in [2.45, 2.75) is 13.5 Å². The molecule has 7 heteroatoms. The van der Waals surface area contributed by atoms with E-state index < -0.39 is 0 Å². The minimum Gasteiger partial charge on any atom is -0.377 e. The average Bonchev–Trinajstić information content (AvgIpc) is 2.90. The lowest BCUT2D eigenvalue weighted by molar-refractivity contribution is 0.101. The highest BCUT2D eigenvalue weighted by Gasteiger charge is 2.14. The summed E-state index contributed by atoms with van der Waals surface area (Å²) in [6.45, 7) is 2.11. The van der Waals surface area contributed by atoms with Crippen LogP contribution in [-0.2, 0) is 11.3 Å². The van der Waals surface area contributed by atoms with E-state index in [2.05, 4.69) is 20.7 Å². The zero-order chi connectivity index (χ0) is 12.3. The van der Waals surface area contributed by atoms with Crippen LogP contribution in [0.25, 0.3) is 0 Å². The largest absolute Gasteiger partial charge is 0.377 e. The summed E-state index contributed by atoms with van der Waals surface area (Å²) in [4.78, 5) is 11.8. The number of hydrogen-bond acceptors (Lipinski definition) is 5. The summed E-state index contributed by atoms with van der Waals surface area (Å²) in [6.07, 6.45) is 1.62. The van der Waals surface area contributed by atoms with E-state index in [0.29, 0.717) is 11.6 Å². The predicted molar refractivity (Wildman–Crippen MR) is 58.5 cm³/mol. The Morgan fingerprint density at radius 2 is 2.47 bits per heavy atom. The summed E-state index contributed by atoms with van der Waals surface area (Å²) in [6, 6.07) is 1.53. The summed E-state index contributed by atoms with van der Waals surface area (Å²) >= 11 is 0. The van der Waals surface area contributed by atoms with Gasteiger partial charge in [-0.2, -0.15) is 5.10 Å². The maximum atomic E-state index is 11.8. The monoisotopic (exact) mass is 236 g/mol. The molecule has 0 saturated heterocycles. The van der Waals surface area contributed by atoms with E-state index in [1.807, 2.05) is 6.92 Å². The molecule has 2 aromatic heterocycles. The molecule has 7 nitrogen and oxygen atoms in total. The molecule has 1 amide bonds. The normalized spacial score (nSPS) is 10.5. The Hall–Kier alpha value is -2.15. The highest BCUT2D eigenvalue weighted by atomic mass is 16.5. The van der Waals surface area contributed by atoms with Crippen LogP contribution in [0, 0.1) is 6.92 Å². The number of H-pyrrole nitrogens is 1. The first-order valence-corrected chi connectivity index (χ1v) is 4.96. The van der Waals surface area contributed by atoms with Gasteiger partial charge in [-0.25, -0.2) is 0 Å². The van der Waals surface area contributed by atoms with Gasteiger partial charge in [-0.3, -0.25) is 9.89 Å². The van der Waals surface area contributed by atoms with Crippen LogP contribution in [0.2, 0.25) is 0 Å². The standard InChI is InChI=1S/C10H12N4O3/c1-6-4-11-13-9(6)12-10(15)8-3-7(5-16-2)17-14-8/h3-4H,5H2,1-2H3,(H2,11,12,13,15). The van der Waals surface area contributed by atoms with Crippen molar-refractivity contribution in [1.29, 1.82) is 0 Å². The molecule has 2 aromatic rings. The van der Waals surface area contributed by atoms with Gasteiger partial charge in [0.25, 0.3) is 5.91 Å². The number of ether oxygens (including phenoxy) is 1. The molecule has 2 N–H and O–H groups in total. The fraction of sp³-hybridized carbons (Fsp3) is 0.300. The maximum absolute atomic E-state index is 11.8. The van der Waals surface area contributed by atoms with Gasteiger partial charge in [0.1, 0.15) is 12.4 Å². The summed E-state index contributed by atoms with van der Waals surface area (Å²) in [5.74, 6) is 0.689. The van der Waals surface area contributed by atoms with Crippen LogP contribution in [0.1, 0.15) is 21.8 Å². The number of amides is 1. The predicted octanol–water partition coefficient (Wildman–Crippen LogP) is 1.10. The van der Waals surface area contributed by atoms with E-state index in [0.717, 1.165) is 5.56 Å². The zero-order valence-corrected chi connectivity index (χ0v) is 9.48. The van der Waals surface area contributed by atoms with Gasteiger partial charge in [-0.15, -0.1) is 0 Å². The Bertz CT molecular complexity index is 517. The molecular formula is C10H12N4O3. The SMILES string of the molecule is COCc1cc(C(=O)Nc2[nH]ncc2C)no1. The van der Waals surface area contributed by atoms with Crippen molar-refractivity contribution in [3.63, 3.8) is 0 Å². The van der Waals surface area contributed by atoms with Crippen molar-refractivity contribution in [2.24, 2.45) is 0 Å². The second-order valence-electron chi connectivity index (χ2n) is 3.49. The number of aryl methyl sites for hydroxylation is 1. The van der Waals surface area contributed by atoms with E-state index in [1.165, 1.54) is 13.2 Å². The van der Waals surface area contributed by atoms with Crippen LogP contribution in [-0.4, -0.2) is 28.4 Å². The molecule has 90 valence electrons. The van der Waals surface area contributed by atoms with Gasteiger partial charge in [-0.05, 0) is 6.92 Å². The minimum absolute atomic E-state index is 0.200. The summed E-state index contributed by atoms with van der Waals surface area (Å²) < 4.78 is 9.78. The number of aromatic amines is 1. The third-order valence-corrected chi connectivity index (χ3v) is 2.15. The molecular weight excluding hydrogens is 224 g/mol. The molecule has 0 atom stereocenters. The first kappa shape index (κ1) is 11.3. The van der Waals surface area contributed by atoms with E-state index in [4.69, 9.17) is 9.26 Å². The van der Waals surface area contributed by atoms with Crippen LogP contribution >= 0.6 is 0 Å². The van der Waals surface area contributed by atoms with Gasteiger partial charge in [0.15, 0.2) is 11.5 Å². The number of carbonyl (C=O) groups excluding carboxylic acids is 1. The van der Waals surface area contributed by atoms with E-state index >= 15 is 0 Å². The number of nitrogens with one attached hydrogen (secondary N) is 2. The Morgan fingerprint density at radius 1 is 1.65 bits per heavy atom. The first-order chi connectivity index (χ1) is 8.20. The van der Waals surface area contributed by atoms with Gasteiger partial charge < -0.3 is 14.6 Å². The van der Waals surface area contributed by atoms with E-state index in [9.17, 15) is 4.79 Å². The molecule has 17 heavy (non-hydrogen) atoms. The van der Waals surface area contributed by atoms with Crippen LogP contribution in [0.4, 0.5) is 5.82 Å². The lowest BCUT2D eigenvalue weighted by Crippen LogP contribution is -2.13. The van der Waals surface area contributed by atoms with Crippen molar-refractivity contribution in [3.05, 3.63) is 29.3 Å². The number of hydrogen-bond donors (Lipinski definition) is 2. The molecule has 0 saturated carbocycles. The van der Waals surface area contributed by atoms with Gasteiger partial charge >= 0.3 is 0 Å². The van der Waals surface area contributed by atoms with Crippen LogP contribution in [0.15, 0.2) is 16.8 Å². The number of rotatable bonds is 4. The molecule has 0 fully saturated rings. The number of anilines is 1. The lowest BCUT2D eigenvalue weighted by Gasteiger charge is -1.99. The molecule has 0 aromatic carbocycles. The van der Waals surface area contributed by atoms with Gasteiger partial charge in [0.05, 0.1) is 6.20 Å². The van der Waals surface area contributed by atoms with E-state index in [-0.39, 0.29) is 18.2 Å². The molecule has 0 radical (unpaired) electrons. The van der Waals surface area contributed by atoms with Crippen molar-refractivity contribution in [1.82, 2.24) is 15.4 Å². The molecule has 0 spiro atoms. The third-order valence-electron chi connectivity index (χ3n) is 2.15. The Balaban J connectivity index is 2.07. The number of methoxy groups -OCH3 is 1. The Kier molecular flexibility index (Phi) is 3.20. The maximum Gasteiger partial charge on any atom is 0.279 e. The lowest BCUT2D eigenvalue weighted by atomic mass is 10.3. The Morgan fingerprint density at radius 3 is 3.12 bits per heavy atom. The van der Waals surface area contributed by atoms with Crippen molar-refractivity contribution < 1.29 is 14.1 Å². The zero-order valence-electron chi connectivity index (χ0n) is 9.48. The first-order valence-electron chi connectivity index (χ1n) is 4.96. The molecule has 2 heterocycles. The topological polar surface area (TPSA) is 93.0 Å². The fourth-order valence-electron chi connectivity index (χ4n) is 1.28. The molecule has 0 unspecified atom stereocenters.